The number of aryl methyl sites for hydroxylation is 1. The van der Waals surface area contributed by atoms with Gasteiger partial charge in [-0.2, -0.15) is 5.10 Å². The van der Waals surface area contributed by atoms with E-state index in [2.05, 4.69) is 31.8 Å². The van der Waals surface area contributed by atoms with E-state index in [1.165, 1.54) is 5.69 Å². The highest BCUT2D eigenvalue weighted by Crippen LogP contribution is 2.19. The van der Waals surface area contributed by atoms with Crippen molar-refractivity contribution in [3.05, 3.63) is 71.7 Å². The third-order valence-corrected chi connectivity index (χ3v) is 4.66. The molecule has 0 saturated carbocycles. The van der Waals surface area contributed by atoms with E-state index in [4.69, 9.17) is 9.15 Å². The van der Waals surface area contributed by atoms with Crippen molar-refractivity contribution >= 4 is 0 Å². The third-order valence-electron chi connectivity index (χ3n) is 4.66. The third kappa shape index (κ3) is 4.20. The summed E-state index contributed by atoms with van der Waals surface area (Å²) in [6.45, 7) is 6.78. The second-order valence-corrected chi connectivity index (χ2v) is 6.93. The Morgan fingerprint density at radius 2 is 2.15 bits per heavy atom. The molecule has 4 rings (SSSR count). The quantitative estimate of drug-likeness (QED) is 0.682. The Morgan fingerprint density at radius 1 is 1.19 bits per heavy atom. The predicted octanol–water partition coefficient (Wildman–Crippen LogP) is 3.03. The molecule has 6 heteroatoms. The van der Waals surface area contributed by atoms with Crippen LogP contribution in [0.2, 0.25) is 0 Å². The molecule has 0 bridgehead atoms. The minimum Gasteiger partial charge on any atom is -0.465 e. The summed E-state index contributed by atoms with van der Waals surface area (Å²) in [5.41, 5.74) is 2.34. The van der Waals surface area contributed by atoms with E-state index >= 15 is 0 Å². The smallest absolute Gasteiger partial charge is 0.118 e. The Labute approximate surface area is 153 Å². The number of pyridine rings is 1. The number of hydrogen-bond acceptors (Lipinski definition) is 5. The summed E-state index contributed by atoms with van der Waals surface area (Å²) < 4.78 is 13.8. The number of ether oxygens (including phenoxy) is 1. The number of aromatic nitrogens is 3. The monoisotopic (exact) mass is 352 g/mol. The van der Waals surface area contributed by atoms with Crippen molar-refractivity contribution in [2.75, 3.05) is 13.2 Å². The molecular formula is C20H24N4O2. The normalized spacial score (nSPS) is 17.8. The van der Waals surface area contributed by atoms with Crippen LogP contribution in [0.25, 0.3) is 0 Å². The van der Waals surface area contributed by atoms with Gasteiger partial charge in [0, 0.05) is 44.1 Å². The van der Waals surface area contributed by atoms with Gasteiger partial charge >= 0.3 is 0 Å². The fraction of sp³-hybridized carbons (Fsp3) is 0.400. The van der Waals surface area contributed by atoms with Crippen LogP contribution in [0.1, 0.15) is 22.8 Å². The lowest BCUT2D eigenvalue weighted by Gasteiger charge is -2.23. The van der Waals surface area contributed by atoms with Crippen LogP contribution >= 0.6 is 0 Å². The van der Waals surface area contributed by atoms with E-state index in [-0.39, 0.29) is 0 Å². The van der Waals surface area contributed by atoms with Crippen LogP contribution in [0.4, 0.5) is 0 Å². The molecule has 3 aromatic rings. The van der Waals surface area contributed by atoms with Crippen molar-refractivity contribution in [1.29, 1.82) is 0 Å². The summed E-state index contributed by atoms with van der Waals surface area (Å²) in [4.78, 5) is 6.55. The fourth-order valence-corrected chi connectivity index (χ4v) is 3.46. The van der Waals surface area contributed by atoms with Gasteiger partial charge in [0.2, 0.25) is 0 Å². The minimum atomic E-state index is 0.379. The van der Waals surface area contributed by atoms with Crippen molar-refractivity contribution in [2.24, 2.45) is 5.92 Å². The first-order chi connectivity index (χ1) is 12.8. The number of hydrogen-bond donors (Lipinski definition) is 0. The molecule has 0 fully saturated rings. The van der Waals surface area contributed by atoms with E-state index < -0.39 is 0 Å². The van der Waals surface area contributed by atoms with Crippen molar-refractivity contribution in [3.8, 4) is 0 Å². The Morgan fingerprint density at radius 3 is 2.96 bits per heavy atom. The van der Waals surface area contributed by atoms with Crippen molar-refractivity contribution in [2.45, 2.75) is 33.2 Å². The van der Waals surface area contributed by atoms with Crippen molar-refractivity contribution in [1.82, 2.24) is 19.7 Å². The molecule has 3 aromatic heterocycles. The molecule has 1 atom stereocenters. The molecule has 0 N–H and O–H groups in total. The summed E-state index contributed by atoms with van der Waals surface area (Å²) >= 11 is 0. The number of fused-ring (bicyclic) bond motifs is 1. The molecule has 0 radical (unpaired) electrons. The molecule has 1 aliphatic rings. The second-order valence-electron chi connectivity index (χ2n) is 6.93. The maximum atomic E-state index is 5.98. The molecule has 26 heavy (non-hydrogen) atoms. The van der Waals surface area contributed by atoms with Crippen molar-refractivity contribution in [3.63, 3.8) is 0 Å². The molecule has 0 saturated heterocycles. The molecule has 1 aliphatic heterocycles. The van der Waals surface area contributed by atoms with Crippen molar-refractivity contribution < 1.29 is 9.15 Å². The molecule has 0 unspecified atom stereocenters. The summed E-state index contributed by atoms with van der Waals surface area (Å²) in [5, 5.41) is 4.48. The maximum absolute atomic E-state index is 5.98. The van der Waals surface area contributed by atoms with Gasteiger partial charge in [-0.1, -0.05) is 6.07 Å². The van der Waals surface area contributed by atoms with Crippen LogP contribution in [0, 0.1) is 12.8 Å². The van der Waals surface area contributed by atoms with Gasteiger partial charge in [-0.25, -0.2) is 0 Å². The molecule has 0 aliphatic carbocycles. The molecule has 0 spiro atoms. The van der Waals surface area contributed by atoms with Gasteiger partial charge in [-0.15, -0.1) is 0 Å². The first-order valence-electron chi connectivity index (χ1n) is 9.01. The van der Waals surface area contributed by atoms with Crippen LogP contribution in [0.15, 0.2) is 53.3 Å². The van der Waals surface area contributed by atoms with Crippen LogP contribution < -0.4 is 0 Å². The highest BCUT2D eigenvalue weighted by atomic mass is 16.5. The average molecular weight is 352 g/mol. The number of rotatable bonds is 6. The Bertz CT molecular complexity index is 827. The van der Waals surface area contributed by atoms with E-state index in [1.54, 1.807) is 6.20 Å². The second kappa shape index (κ2) is 7.85. The first-order valence-corrected chi connectivity index (χ1v) is 9.01. The van der Waals surface area contributed by atoms with Gasteiger partial charge in [-0.3, -0.25) is 14.6 Å². The summed E-state index contributed by atoms with van der Waals surface area (Å²) in [7, 11) is 0. The summed E-state index contributed by atoms with van der Waals surface area (Å²) in [5.74, 6) is 2.34. The first kappa shape index (κ1) is 17.0. The molecule has 136 valence electrons. The largest absolute Gasteiger partial charge is 0.465 e. The number of furan rings is 1. The molecular weight excluding hydrogens is 328 g/mol. The minimum absolute atomic E-state index is 0.379. The van der Waals surface area contributed by atoms with Gasteiger partial charge in [0.1, 0.15) is 11.5 Å². The Balaban J connectivity index is 1.40. The zero-order valence-electron chi connectivity index (χ0n) is 15.0. The van der Waals surface area contributed by atoms with E-state index in [0.29, 0.717) is 19.1 Å². The molecule has 0 amide bonds. The Hall–Kier alpha value is -2.44. The van der Waals surface area contributed by atoms with Gasteiger partial charge in [-0.05, 0) is 36.8 Å². The topological polar surface area (TPSA) is 56.3 Å². The van der Waals surface area contributed by atoms with Crippen LogP contribution in [-0.4, -0.2) is 32.8 Å². The maximum Gasteiger partial charge on any atom is 0.118 e. The zero-order chi connectivity index (χ0) is 17.8. The van der Waals surface area contributed by atoms with E-state index in [1.807, 2.05) is 37.5 Å². The molecule has 4 heterocycles. The lowest BCUT2D eigenvalue weighted by atomic mass is 10.1. The lowest BCUT2D eigenvalue weighted by Crippen LogP contribution is -2.30. The molecule has 6 nitrogen and oxygen atoms in total. The standard InChI is InChI=1S/C20H24N4O2/c1-16-4-5-20(26-16)13-23-10-18(11-24-19(12-23)6-8-22-24)15-25-14-17-3-2-7-21-9-17/h2-9,18H,10-15H2,1H3/t18-/m1/s1. The van der Waals surface area contributed by atoms with E-state index in [9.17, 15) is 0 Å². The van der Waals surface area contributed by atoms with Crippen LogP contribution in [-0.2, 0) is 31.0 Å². The SMILES string of the molecule is Cc1ccc(CN2Cc3ccnn3C[C@H](COCc3cccnc3)C2)o1. The van der Waals surface area contributed by atoms with Gasteiger partial charge in [0.25, 0.3) is 0 Å². The highest BCUT2D eigenvalue weighted by Gasteiger charge is 2.23. The highest BCUT2D eigenvalue weighted by molar-refractivity contribution is 5.08. The Kier molecular flexibility index (Phi) is 5.13. The van der Waals surface area contributed by atoms with Gasteiger partial charge in [0.05, 0.1) is 25.5 Å². The van der Waals surface area contributed by atoms with Crippen LogP contribution in [0.5, 0.6) is 0 Å². The van der Waals surface area contributed by atoms with Gasteiger partial charge in [0.15, 0.2) is 0 Å². The summed E-state index contributed by atoms with van der Waals surface area (Å²) in [6, 6.07) is 10.2. The van der Waals surface area contributed by atoms with Crippen LogP contribution in [0.3, 0.4) is 0 Å². The average Bonchev–Trinajstić information content (AvgIpc) is 3.21. The lowest BCUT2D eigenvalue weighted by molar-refractivity contribution is 0.0644. The number of nitrogens with zero attached hydrogens (tertiary/aromatic N) is 4. The predicted molar refractivity (Wildman–Crippen MR) is 97.2 cm³/mol. The summed E-state index contributed by atoms with van der Waals surface area (Å²) in [6.07, 6.45) is 5.51. The zero-order valence-corrected chi connectivity index (χ0v) is 15.0. The molecule has 0 aromatic carbocycles. The van der Waals surface area contributed by atoms with E-state index in [0.717, 1.165) is 43.3 Å². The fourth-order valence-electron chi connectivity index (χ4n) is 3.46. The van der Waals surface area contributed by atoms with Gasteiger partial charge < -0.3 is 9.15 Å².